The first-order chi connectivity index (χ1) is 14.1. The number of benzene rings is 2. The van der Waals surface area contributed by atoms with Crippen LogP contribution in [-0.2, 0) is 15.3 Å². The van der Waals surface area contributed by atoms with Crippen molar-refractivity contribution in [3.8, 4) is 11.3 Å². The van der Waals surface area contributed by atoms with Crippen molar-refractivity contribution in [1.82, 2.24) is 15.3 Å². The molecule has 3 aromatic rings. The molecule has 2 N–H and O–H groups in total. The van der Waals surface area contributed by atoms with Gasteiger partial charge in [0.05, 0.1) is 10.6 Å². The van der Waals surface area contributed by atoms with E-state index in [4.69, 9.17) is 0 Å². The van der Waals surface area contributed by atoms with Crippen molar-refractivity contribution in [1.29, 1.82) is 0 Å². The second-order valence-electron chi connectivity index (χ2n) is 8.02. The van der Waals surface area contributed by atoms with Crippen molar-refractivity contribution < 1.29 is 13.2 Å². The van der Waals surface area contributed by atoms with Gasteiger partial charge in [0, 0.05) is 41.2 Å². The molecule has 0 spiro atoms. The number of hydrogen-bond acceptors (Lipinski definition) is 6. The molecule has 0 atom stereocenters. The molecule has 4 rings (SSSR count). The van der Waals surface area contributed by atoms with E-state index in [0.717, 1.165) is 11.1 Å². The minimum absolute atomic E-state index is 0.0633. The molecule has 2 heterocycles. The normalized spacial score (nSPS) is 15.2. The summed E-state index contributed by atoms with van der Waals surface area (Å²) in [5, 5.41) is 5.98. The molecule has 0 aliphatic carbocycles. The van der Waals surface area contributed by atoms with Gasteiger partial charge in [0.1, 0.15) is 0 Å². The predicted octanol–water partition coefficient (Wildman–Crippen LogP) is 3.31. The summed E-state index contributed by atoms with van der Waals surface area (Å²) < 4.78 is 23.6. The van der Waals surface area contributed by atoms with Crippen LogP contribution in [0.3, 0.4) is 0 Å². The van der Waals surface area contributed by atoms with E-state index < -0.39 is 9.84 Å². The Hall–Kier alpha value is -3.26. The van der Waals surface area contributed by atoms with Gasteiger partial charge in [-0.3, -0.25) is 4.79 Å². The fourth-order valence-corrected chi connectivity index (χ4v) is 4.13. The first-order valence-electron chi connectivity index (χ1n) is 9.47. The van der Waals surface area contributed by atoms with Crippen LogP contribution in [0.25, 0.3) is 11.3 Å². The van der Waals surface area contributed by atoms with E-state index >= 15 is 0 Å². The van der Waals surface area contributed by atoms with Gasteiger partial charge in [-0.25, -0.2) is 18.4 Å². The average Bonchev–Trinajstić information content (AvgIpc) is 2.71. The van der Waals surface area contributed by atoms with Crippen molar-refractivity contribution >= 4 is 27.4 Å². The van der Waals surface area contributed by atoms with Gasteiger partial charge in [0.25, 0.3) is 5.91 Å². The third-order valence-corrected chi connectivity index (χ3v) is 6.26. The summed E-state index contributed by atoms with van der Waals surface area (Å²) in [5.41, 5.74) is 3.65. The maximum atomic E-state index is 12.2. The van der Waals surface area contributed by atoms with Gasteiger partial charge in [-0.05, 0) is 42.0 Å². The van der Waals surface area contributed by atoms with Gasteiger partial charge >= 0.3 is 0 Å². The highest BCUT2D eigenvalue weighted by Gasteiger charge is 2.31. The van der Waals surface area contributed by atoms with Crippen LogP contribution in [0.2, 0.25) is 0 Å². The lowest BCUT2D eigenvalue weighted by Gasteiger charge is -2.32. The van der Waals surface area contributed by atoms with Crippen molar-refractivity contribution in [2.24, 2.45) is 0 Å². The second kappa shape index (κ2) is 7.21. The molecule has 0 saturated heterocycles. The Balaban J connectivity index is 1.67. The third-order valence-electron chi connectivity index (χ3n) is 5.15. The van der Waals surface area contributed by atoms with Gasteiger partial charge < -0.3 is 10.6 Å². The first kappa shape index (κ1) is 20.0. The Morgan fingerprint density at radius 3 is 2.67 bits per heavy atom. The van der Waals surface area contributed by atoms with Crippen molar-refractivity contribution in [3.05, 3.63) is 65.9 Å². The van der Waals surface area contributed by atoms with Crippen LogP contribution in [0.5, 0.6) is 0 Å². The van der Waals surface area contributed by atoms with E-state index in [0.29, 0.717) is 29.4 Å². The second-order valence-corrected chi connectivity index (χ2v) is 10.0. The number of aromatic nitrogens is 2. The van der Waals surface area contributed by atoms with Crippen LogP contribution in [0.1, 0.15) is 29.8 Å². The Morgan fingerprint density at radius 1 is 1.10 bits per heavy atom. The molecule has 0 unspecified atom stereocenters. The van der Waals surface area contributed by atoms with Crippen LogP contribution in [0.15, 0.2) is 59.6 Å². The number of fused-ring (bicyclic) bond motifs is 1. The summed E-state index contributed by atoms with van der Waals surface area (Å²) in [7, 11) is -3.31. The highest BCUT2D eigenvalue weighted by molar-refractivity contribution is 7.90. The zero-order valence-electron chi connectivity index (χ0n) is 16.9. The van der Waals surface area contributed by atoms with E-state index in [-0.39, 0.29) is 16.2 Å². The quantitative estimate of drug-likeness (QED) is 0.669. The van der Waals surface area contributed by atoms with Crippen molar-refractivity contribution in [2.75, 3.05) is 18.1 Å². The number of carbonyl (C=O) groups is 1. The molecule has 0 saturated carbocycles. The molecule has 0 fully saturated rings. The van der Waals surface area contributed by atoms with Crippen LogP contribution in [0, 0.1) is 0 Å². The molecule has 2 aromatic carbocycles. The highest BCUT2D eigenvalue weighted by atomic mass is 32.2. The van der Waals surface area contributed by atoms with Crippen LogP contribution in [0.4, 0.5) is 11.6 Å². The predicted molar refractivity (Wildman–Crippen MR) is 116 cm³/mol. The molecule has 154 valence electrons. The Morgan fingerprint density at radius 2 is 1.90 bits per heavy atom. The lowest BCUT2D eigenvalue weighted by molar-refractivity contribution is 0.0930. The number of sulfone groups is 1. The minimum atomic E-state index is -3.31. The Kier molecular flexibility index (Phi) is 4.82. The summed E-state index contributed by atoms with van der Waals surface area (Å²) in [6.45, 7) is 4.77. The molecular formula is C22H22N4O3S. The number of nitrogens with zero attached hydrogens (tertiary/aromatic N) is 2. The lowest BCUT2D eigenvalue weighted by Crippen LogP contribution is -2.43. The van der Waals surface area contributed by atoms with Crippen molar-refractivity contribution in [3.63, 3.8) is 0 Å². The van der Waals surface area contributed by atoms with Crippen molar-refractivity contribution in [2.45, 2.75) is 24.2 Å². The van der Waals surface area contributed by atoms with E-state index in [9.17, 15) is 13.2 Å². The molecule has 1 aromatic heterocycles. The number of carbonyl (C=O) groups excluding carboxylic acids is 1. The van der Waals surface area contributed by atoms with E-state index in [1.165, 1.54) is 6.26 Å². The maximum absolute atomic E-state index is 12.2. The molecule has 1 aliphatic heterocycles. The zero-order valence-corrected chi connectivity index (χ0v) is 17.7. The Labute approximate surface area is 175 Å². The monoisotopic (exact) mass is 422 g/mol. The lowest BCUT2D eigenvalue weighted by atomic mass is 9.78. The summed E-state index contributed by atoms with van der Waals surface area (Å²) in [6.07, 6.45) is 2.81. The maximum Gasteiger partial charge on any atom is 0.251 e. The summed E-state index contributed by atoms with van der Waals surface area (Å²) >= 11 is 0. The topological polar surface area (TPSA) is 101 Å². The smallest absolute Gasteiger partial charge is 0.251 e. The minimum Gasteiger partial charge on any atom is -0.351 e. The van der Waals surface area contributed by atoms with Gasteiger partial charge in [0.15, 0.2) is 9.84 Å². The fourth-order valence-electron chi connectivity index (χ4n) is 3.47. The number of nitrogens with one attached hydrogen (secondary N) is 2. The number of anilines is 2. The van der Waals surface area contributed by atoms with Crippen LogP contribution >= 0.6 is 0 Å². The van der Waals surface area contributed by atoms with Crippen LogP contribution < -0.4 is 10.6 Å². The molecular weight excluding hydrogens is 400 g/mol. The summed E-state index contributed by atoms with van der Waals surface area (Å²) in [5.74, 6) is 0.291. The van der Waals surface area contributed by atoms with E-state index in [1.807, 2.05) is 18.2 Å². The van der Waals surface area contributed by atoms with Crippen LogP contribution in [-0.4, -0.2) is 37.1 Å². The fraction of sp³-hybridized carbons (Fsp3) is 0.227. The third kappa shape index (κ3) is 3.91. The summed E-state index contributed by atoms with van der Waals surface area (Å²) in [4.78, 5) is 21.2. The van der Waals surface area contributed by atoms with Gasteiger partial charge in [-0.1, -0.05) is 26.0 Å². The Bertz CT molecular complexity index is 1250. The molecule has 7 nitrogen and oxygen atoms in total. The molecule has 0 bridgehead atoms. The van der Waals surface area contributed by atoms with E-state index in [1.54, 1.807) is 36.5 Å². The highest BCUT2D eigenvalue weighted by Crippen LogP contribution is 2.33. The molecule has 30 heavy (non-hydrogen) atoms. The summed E-state index contributed by atoms with van der Waals surface area (Å²) in [6, 6.07) is 14.0. The zero-order chi connectivity index (χ0) is 21.5. The van der Waals surface area contributed by atoms with Gasteiger partial charge in [-0.2, -0.15) is 0 Å². The molecule has 8 heteroatoms. The van der Waals surface area contributed by atoms with E-state index in [2.05, 4.69) is 34.4 Å². The van der Waals surface area contributed by atoms with Gasteiger partial charge in [-0.15, -0.1) is 0 Å². The molecule has 1 amide bonds. The number of hydrogen-bond donors (Lipinski definition) is 2. The first-order valence-corrected chi connectivity index (χ1v) is 11.4. The largest absolute Gasteiger partial charge is 0.351 e. The average molecular weight is 423 g/mol. The number of amides is 1. The number of rotatable bonds is 4. The molecule has 1 aliphatic rings. The molecule has 0 radical (unpaired) electrons. The SMILES string of the molecule is CC1(C)CNC(=O)c2ccc(-c3ccnc(Nc4cccc(S(C)(=O)=O)c4)n3)cc21. The standard InChI is InChI=1S/C22H22N4O3S/c1-22(2)13-24-20(27)17-8-7-14(11-18(17)22)19-9-10-23-21(26-19)25-15-5-4-6-16(12-15)30(3,28)29/h4-12H,13H2,1-3H3,(H,24,27)(H,23,25,26). The van der Waals surface area contributed by atoms with Gasteiger partial charge in [0.2, 0.25) is 5.95 Å².